The predicted octanol–water partition coefficient (Wildman–Crippen LogP) is 2.15. The fourth-order valence-electron chi connectivity index (χ4n) is 1.33. The molecule has 0 radical (unpaired) electrons. The third-order valence-corrected chi connectivity index (χ3v) is 2.00. The molecule has 0 saturated carbocycles. The summed E-state index contributed by atoms with van der Waals surface area (Å²) in [5.41, 5.74) is 1.78. The predicted molar refractivity (Wildman–Crippen MR) is 53.7 cm³/mol. The lowest BCUT2D eigenvalue weighted by Gasteiger charge is -2.20. The number of benzene rings is 1. The quantitative estimate of drug-likeness (QED) is 0.620. The van der Waals surface area contributed by atoms with Crippen molar-refractivity contribution in [3.05, 3.63) is 29.8 Å². The molecule has 3 nitrogen and oxygen atoms in total. The Morgan fingerprint density at radius 1 is 1.44 bits per heavy atom. The molecule has 90 valence electrons. The molecule has 3 N–H and O–H groups in total. The van der Waals surface area contributed by atoms with E-state index in [0.717, 1.165) is 0 Å². The maximum absolute atomic E-state index is 12.5. The molecule has 0 aromatic heterocycles. The minimum atomic E-state index is -4.43. The van der Waals surface area contributed by atoms with Crippen molar-refractivity contribution < 1.29 is 17.9 Å². The summed E-state index contributed by atoms with van der Waals surface area (Å²) in [4.78, 5) is 0. The topological polar surface area (TPSA) is 47.3 Å². The minimum absolute atomic E-state index is 0.0287. The Labute approximate surface area is 91.4 Å². The molecule has 16 heavy (non-hydrogen) atoms. The van der Waals surface area contributed by atoms with Crippen LogP contribution in [-0.2, 0) is 0 Å². The van der Waals surface area contributed by atoms with Crippen LogP contribution < -0.4 is 16.0 Å². The Bertz CT molecular complexity index is 341. The SMILES string of the molecule is CCOc1cccc(C(NN)C(F)(F)F)c1. The van der Waals surface area contributed by atoms with Gasteiger partial charge in [-0.2, -0.15) is 13.2 Å². The Morgan fingerprint density at radius 2 is 2.12 bits per heavy atom. The summed E-state index contributed by atoms with van der Waals surface area (Å²) in [5.74, 6) is 5.30. The summed E-state index contributed by atoms with van der Waals surface area (Å²) >= 11 is 0. The summed E-state index contributed by atoms with van der Waals surface area (Å²) in [6.45, 7) is 2.16. The van der Waals surface area contributed by atoms with Crippen molar-refractivity contribution in [1.29, 1.82) is 0 Å². The van der Waals surface area contributed by atoms with Crippen LogP contribution in [0.5, 0.6) is 5.75 Å². The molecule has 0 heterocycles. The van der Waals surface area contributed by atoms with E-state index in [1.54, 1.807) is 18.4 Å². The summed E-state index contributed by atoms with van der Waals surface area (Å²) < 4.78 is 42.7. The molecule has 0 spiro atoms. The highest BCUT2D eigenvalue weighted by molar-refractivity contribution is 5.31. The highest BCUT2D eigenvalue weighted by atomic mass is 19.4. The number of rotatable bonds is 4. The van der Waals surface area contributed by atoms with Gasteiger partial charge in [0.2, 0.25) is 0 Å². The summed E-state index contributed by atoms with van der Waals surface area (Å²) in [6.07, 6.45) is -4.43. The Balaban J connectivity index is 2.97. The van der Waals surface area contributed by atoms with E-state index in [-0.39, 0.29) is 5.56 Å². The monoisotopic (exact) mass is 234 g/mol. The molecule has 1 aromatic carbocycles. The maximum Gasteiger partial charge on any atom is 0.409 e. The molecule has 1 unspecified atom stereocenters. The zero-order valence-electron chi connectivity index (χ0n) is 8.71. The average Bonchev–Trinajstić information content (AvgIpc) is 2.17. The van der Waals surface area contributed by atoms with Crippen LogP contribution in [0.15, 0.2) is 24.3 Å². The van der Waals surface area contributed by atoms with E-state index >= 15 is 0 Å². The number of hydrazine groups is 1. The molecular weight excluding hydrogens is 221 g/mol. The van der Waals surface area contributed by atoms with Gasteiger partial charge in [0.25, 0.3) is 0 Å². The van der Waals surface area contributed by atoms with E-state index in [9.17, 15) is 13.2 Å². The first-order chi connectivity index (χ1) is 7.49. The molecule has 0 aliphatic heterocycles. The van der Waals surface area contributed by atoms with Gasteiger partial charge in [0, 0.05) is 0 Å². The van der Waals surface area contributed by atoms with Gasteiger partial charge >= 0.3 is 6.18 Å². The van der Waals surface area contributed by atoms with Crippen molar-refractivity contribution in [2.45, 2.75) is 19.1 Å². The molecule has 0 saturated heterocycles. The number of halogens is 3. The molecule has 0 bridgehead atoms. The lowest BCUT2D eigenvalue weighted by atomic mass is 10.1. The van der Waals surface area contributed by atoms with E-state index in [1.165, 1.54) is 18.2 Å². The number of hydrogen-bond acceptors (Lipinski definition) is 3. The molecule has 1 aromatic rings. The Kier molecular flexibility index (Phi) is 4.14. The van der Waals surface area contributed by atoms with Gasteiger partial charge in [0.05, 0.1) is 6.61 Å². The summed E-state index contributed by atoms with van der Waals surface area (Å²) in [6, 6.07) is 3.88. The van der Waals surface area contributed by atoms with Gasteiger partial charge in [-0.15, -0.1) is 0 Å². The van der Waals surface area contributed by atoms with Crippen LogP contribution in [0.3, 0.4) is 0 Å². The number of alkyl halides is 3. The van der Waals surface area contributed by atoms with Gasteiger partial charge in [0.15, 0.2) is 0 Å². The van der Waals surface area contributed by atoms with E-state index in [0.29, 0.717) is 12.4 Å². The first-order valence-electron chi connectivity index (χ1n) is 4.74. The highest BCUT2D eigenvalue weighted by Gasteiger charge is 2.40. The van der Waals surface area contributed by atoms with Crippen LogP contribution in [-0.4, -0.2) is 12.8 Å². The Hall–Kier alpha value is -1.27. The van der Waals surface area contributed by atoms with E-state index in [2.05, 4.69) is 0 Å². The number of ether oxygens (including phenoxy) is 1. The van der Waals surface area contributed by atoms with Crippen molar-refractivity contribution in [2.24, 2.45) is 5.84 Å². The highest BCUT2D eigenvalue weighted by Crippen LogP contribution is 2.33. The lowest BCUT2D eigenvalue weighted by molar-refractivity contribution is -0.157. The number of hydrogen-bond donors (Lipinski definition) is 2. The first kappa shape index (κ1) is 12.8. The maximum atomic E-state index is 12.5. The third kappa shape index (κ3) is 3.11. The Morgan fingerprint density at radius 3 is 2.62 bits per heavy atom. The van der Waals surface area contributed by atoms with E-state index in [1.807, 2.05) is 0 Å². The van der Waals surface area contributed by atoms with Crippen molar-refractivity contribution in [2.75, 3.05) is 6.61 Å². The van der Waals surface area contributed by atoms with Gasteiger partial charge in [-0.25, -0.2) is 5.43 Å². The largest absolute Gasteiger partial charge is 0.494 e. The standard InChI is InChI=1S/C10H13F3N2O/c1-2-16-8-5-3-4-7(6-8)9(15-14)10(11,12)13/h3-6,9,15H,2,14H2,1H3. The zero-order valence-corrected chi connectivity index (χ0v) is 8.71. The molecule has 0 aliphatic rings. The molecule has 1 atom stereocenters. The fraction of sp³-hybridized carbons (Fsp3) is 0.400. The smallest absolute Gasteiger partial charge is 0.409 e. The second kappa shape index (κ2) is 5.18. The zero-order chi connectivity index (χ0) is 12.2. The van der Waals surface area contributed by atoms with Crippen LogP contribution in [0.2, 0.25) is 0 Å². The second-order valence-electron chi connectivity index (χ2n) is 3.15. The van der Waals surface area contributed by atoms with Crippen LogP contribution in [0, 0.1) is 0 Å². The molecule has 0 aliphatic carbocycles. The first-order valence-corrected chi connectivity index (χ1v) is 4.74. The van der Waals surface area contributed by atoms with Crippen molar-refractivity contribution in [3.63, 3.8) is 0 Å². The third-order valence-electron chi connectivity index (χ3n) is 2.00. The van der Waals surface area contributed by atoms with E-state index in [4.69, 9.17) is 10.6 Å². The van der Waals surface area contributed by atoms with Gasteiger partial charge in [-0.3, -0.25) is 5.84 Å². The summed E-state index contributed by atoms with van der Waals surface area (Å²) in [7, 11) is 0. The van der Waals surface area contributed by atoms with Crippen LogP contribution in [0.25, 0.3) is 0 Å². The van der Waals surface area contributed by atoms with Crippen molar-refractivity contribution in [1.82, 2.24) is 5.43 Å². The van der Waals surface area contributed by atoms with Crippen LogP contribution in [0.1, 0.15) is 18.5 Å². The van der Waals surface area contributed by atoms with Crippen LogP contribution >= 0.6 is 0 Å². The summed E-state index contributed by atoms with van der Waals surface area (Å²) in [5, 5.41) is 0. The van der Waals surface area contributed by atoms with E-state index < -0.39 is 12.2 Å². The molecule has 0 amide bonds. The molecule has 0 fully saturated rings. The molecular formula is C10H13F3N2O. The number of nitrogens with one attached hydrogen (secondary N) is 1. The van der Waals surface area contributed by atoms with Gasteiger partial charge in [0.1, 0.15) is 11.8 Å². The van der Waals surface area contributed by atoms with Gasteiger partial charge < -0.3 is 4.74 Å². The average molecular weight is 234 g/mol. The molecule has 6 heteroatoms. The van der Waals surface area contributed by atoms with Crippen molar-refractivity contribution in [3.8, 4) is 5.75 Å². The van der Waals surface area contributed by atoms with Crippen molar-refractivity contribution >= 4 is 0 Å². The van der Waals surface area contributed by atoms with Crippen LogP contribution in [0.4, 0.5) is 13.2 Å². The van der Waals surface area contributed by atoms with Gasteiger partial charge in [-0.1, -0.05) is 12.1 Å². The second-order valence-corrected chi connectivity index (χ2v) is 3.15. The minimum Gasteiger partial charge on any atom is -0.494 e. The number of nitrogens with two attached hydrogens (primary N) is 1. The lowest BCUT2D eigenvalue weighted by Crippen LogP contribution is -2.38. The fourth-order valence-corrected chi connectivity index (χ4v) is 1.33. The normalized spacial score (nSPS) is 13.6. The molecule has 1 rings (SSSR count). The van der Waals surface area contributed by atoms with Gasteiger partial charge in [-0.05, 0) is 24.6 Å².